The van der Waals surface area contributed by atoms with E-state index in [9.17, 15) is 18.0 Å². The molecule has 1 aliphatic rings. The second-order valence-corrected chi connectivity index (χ2v) is 4.85. The second kappa shape index (κ2) is 5.23. The lowest BCUT2D eigenvalue weighted by Crippen LogP contribution is -2.19. The van der Waals surface area contributed by atoms with E-state index < -0.39 is 28.9 Å². The lowest BCUT2D eigenvalue weighted by Gasteiger charge is -2.16. The van der Waals surface area contributed by atoms with Crippen LogP contribution >= 0.6 is 0 Å². The third-order valence-corrected chi connectivity index (χ3v) is 3.49. The van der Waals surface area contributed by atoms with Gasteiger partial charge in [0.25, 0.3) is 5.91 Å². The standard InChI is InChI=1S/C14H12F3N3O/c15-9-5-4-8(12(16)13(9)17)14(21)19-11-7-18-10-3-1-2-6-20(10)11/h4-5,7H,1-3,6H2,(H,19,21). The highest BCUT2D eigenvalue weighted by molar-refractivity contribution is 6.04. The Bertz CT molecular complexity index is 712. The summed E-state index contributed by atoms with van der Waals surface area (Å²) < 4.78 is 41.4. The van der Waals surface area contributed by atoms with Crippen molar-refractivity contribution < 1.29 is 18.0 Å². The maximum Gasteiger partial charge on any atom is 0.259 e. The topological polar surface area (TPSA) is 46.9 Å². The van der Waals surface area contributed by atoms with Gasteiger partial charge in [-0.25, -0.2) is 18.2 Å². The Kier molecular flexibility index (Phi) is 3.40. The zero-order valence-corrected chi connectivity index (χ0v) is 11.0. The van der Waals surface area contributed by atoms with Crippen molar-refractivity contribution in [3.05, 3.63) is 47.2 Å². The highest BCUT2D eigenvalue weighted by Crippen LogP contribution is 2.21. The van der Waals surface area contributed by atoms with Crippen LogP contribution in [-0.2, 0) is 13.0 Å². The zero-order valence-electron chi connectivity index (χ0n) is 11.0. The van der Waals surface area contributed by atoms with Gasteiger partial charge in [0.1, 0.15) is 11.6 Å². The number of rotatable bonds is 2. The number of fused-ring (bicyclic) bond motifs is 1. The fraction of sp³-hybridized carbons (Fsp3) is 0.286. The van der Waals surface area contributed by atoms with Crippen LogP contribution in [0.2, 0.25) is 0 Å². The normalized spacial score (nSPS) is 13.9. The molecule has 21 heavy (non-hydrogen) atoms. The maximum absolute atomic E-state index is 13.6. The number of benzene rings is 1. The summed E-state index contributed by atoms with van der Waals surface area (Å²) in [4.78, 5) is 16.2. The summed E-state index contributed by atoms with van der Waals surface area (Å²) in [5.41, 5.74) is -0.541. The van der Waals surface area contributed by atoms with Gasteiger partial charge in [0.15, 0.2) is 17.5 Å². The average molecular weight is 295 g/mol. The van der Waals surface area contributed by atoms with Gasteiger partial charge in [-0.2, -0.15) is 0 Å². The van der Waals surface area contributed by atoms with E-state index in [4.69, 9.17) is 0 Å². The first-order valence-corrected chi connectivity index (χ1v) is 6.57. The van der Waals surface area contributed by atoms with Crippen LogP contribution in [0.5, 0.6) is 0 Å². The number of halogens is 3. The minimum absolute atomic E-state index is 0.429. The number of aryl methyl sites for hydroxylation is 1. The summed E-state index contributed by atoms with van der Waals surface area (Å²) in [7, 11) is 0. The Morgan fingerprint density at radius 1 is 1.19 bits per heavy atom. The van der Waals surface area contributed by atoms with Crippen molar-refractivity contribution >= 4 is 11.7 Å². The molecule has 0 unspecified atom stereocenters. The summed E-state index contributed by atoms with van der Waals surface area (Å²) in [6, 6.07) is 1.63. The molecule has 0 atom stereocenters. The summed E-state index contributed by atoms with van der Waals surface area (Å²) >= 11 is 0. The van der Waals surface area contributed by atoms with Crippen LogP contribution in [0.15, 0.2) is 18.3 Å². The second-order valence-electron chi connectivity index (χ2n) is 4.85. The monoisotopic (exact) mass is 295 g/mol. The predicted molar refractivity (Wildman–Crippen MR) is 69.4 cm³/mol. The first kappa shape index (κ1) is 13.7. The van der Waals surface area contributed by atoms with Gasteiger partial charge in [-0.3, -0.25) is 4.79 Å². The average Bonchev–Trinajstić information content (AvgIpc) is 2.88. The SMILES string of the molecule is O=C(Nc1cnc2n1CCCC2)c1ccc(F)c(F)c1F. The molecule has 0 fully saturated rings. The van der Waals surface area contributed by atoms with Crippen LogP contribution in [0.3, 0.4) is 0 Å². The molecular formula is C14H12F3N3O. The largest absolute Gasteiger partial charge is 0.315 e. The van der Waals surface area contributed by atoms with Gasteiger partial charge in [0.2, 0.25) is 0 Å². The van der Waals surface area contributed by atoms with Gasteiger partial charge in [-0.15, -0.1) is 0 Å². The molecule has 1 aromatic heterocycles. The van der Waals surface area contributed by atoms with Crippen LogP contribution < -0.4 is 5.32 Å². The van der Waals surface area contributed by atoms with E-state index in [-0.39, 0.29) is 0 Å². The molecule has 0 spiro atoms. The third kappa shape index (κ3) is 2.39. The first-order valence-electron chi connectivity index (χ1n) is 6.57. The van der Waals surface area contributed by atoms with E-state index in [2.05, 4.69) is 10.3 Å². The number of carbonyl (C=O) groups is 1. The maximum atomic E-state index is 13.6. The number of amides is 1. The van der Waals surface area contributed by atoms with E-state index in [0.717, 1.165) is 37.2 Å². The summed E-state index contributed by atoms with van der Waals surface area (Å²) in [5.74, 6) is -4.03. The molecule has 2 heterocycles. The van der Waals surface area contributed by atoms with E-state index >= 15 is 0 Å². The van der Waals surface area contributed by atoms with Crippen LogP contribution in [-0.4, -0.2) is 15.5 Å². The Morgan fingerprint density at radius 3 is 2.81 bits per heavy atom. The lowest BCUT2D eigenvalue weighted by atomic mass is 10.1. The quantitative estimate of drug-likeness (QED) is 0.866. The first-order chi connectivity index (χ1) is 10.1. The number of nitrogens with one attached hydrogen (secondary N) is 1. The number of anilines is 1. The number of carbonyl (C=O) groups excluding carboxylic acids is 1. The van der Waals surface area contributed by atoms with Crippen molar-refractivity contribution in [2.45, 2.75) is 25.8 Å². The number of aromatic nitrogens is 2. The van der Waals surface area contributed by atoms with Crippen molar-refractivity contribution in [1.82, 2.24) is 9.55 Å². The van der Waals surface area contributed by atoms with Crippen LogP contribution in [0.4, 0.5) is 19.0 Å². The number of nitrogens with zero attached hydrogens (tertiary/aromatic N) is 2. The molecule has 2 aromatic rings. The fourth-order valence-electron chi connectivity index (χ4n) is 2.40. The highest BCUT2D eigenvalue weighted by Gasteiger charge is 2.21. The lowest BCUT2D eigenvalue weighted by molar-refractivity contribution is 0.102. The number of imidazole rings is 1. The molecule has 0 radical (unpaired) electrons. The molecular weight excluding hydrogens is 283 g/mol. The molecule has 0 saturated heterocycles. The van der Waals surface area contributed by atoms with Crippen molar-refractivity contribution in [1.29, 1.82) is 0 Å². The van der Waals surface area contributed by atoms with Crippen molar-refractivity contribution in [3.8, 4) is 0 Å². The van der Waals surface area contributed by atoms with Gasteiger partial charge in [-0.1, -0.05) is 0 Å². The van der Waals surface area contributed by atoms with Crippen molar-refractivity contribution in [3.63, 3.8) is 0 Å². The highest BCUT2D eigenvalue weighted by atomic mass is 19.2. The minimum atomic E-state index is -1.65. The smallest absolute Gasteiger partial charge is 0.259 e. The van der Waals surface area contributed by atoms with Crippen LogP contribution in [0.1, 0.15) is 29.0 Å². The minimum Gasteiger partial charge on any atom is -0.315 e. The molecule has 110 valence electrons. The van der Waals surface area contributed by atoms with Crippen LogP contribution in [0.25, 0.3) is 0 Å². The molecule has 1 aliphatic heterocycles. The van der Waals surface area contributed by atoms with Crippen LogP contribution in [0, 0.1) is 17.5 Å². The molecule has 0 saturated carbocycles. The Labute approximate surface area is 118 Å². The van der Waals surface area contributed by atoms with Crippen molar-refractivity contribution in [2.24, 2.45) is 0 Å². The number of hydrogen-bond donors (Lipinski definition) is 1. The summed E-state index contributed by atoms with van der Waals surface area (Å²) in [6.45, 7) is 0.713. The van der Waals surface area contributed by atoms with Crippen molar-refractivity contribution in [2.75, 3.05) is 5.32 Å². The van der Waals surface area contributed by atoms with Gasteiger partial charge in [-0.05, 0) is 25.0 Å². The Hall–Kier alpha value is -2.31. The van der Waals surface area contributed by atoms with E-state index in [1.54, 1.807) is 0 Å². The molecule has 1 amide bonds. The molecule has 1 aromatic carbocycles. The number of hydrogen-bond acceptors (Lipinski definition) is 2. The van der Waals surface area contributed by atoms with E-state index in [1.807, 2.05) is 4.57 Å². The summed E-state index contributed by atoms with van der Waals surface area (Å²) in [6.07, 6.45) is 4.29. The molecule has 0 bridgehead atoms. The van der Waals surface area contributed by atoms with Gasteiger partial charge >= 0.3 is 0 Å². The molecule has 0 aliphatic carbocycles. The zero-order chi connectivity index (χ0) is 15.0. The Balaban J connectivity index is 1.87. The van der Waals surface area contributed by atoms with E-state index in [1.165, 1.54) is 6.20 Å². The predicted octanol–water partition coefficient (Wildman–Crippen LogP) is 2.89. The fourth-order valence-corrected chi connectivity index (χ4v) is 2.40. The van der Waals surface area contributed by atoms with Gasteiger partial charge in [0.05, 0.1) is 11.8 Å². The molecule has 1 N–H and O–H groups in total. The summed E-state index contributed by atoms with van der Waals surface area (Å²) in [5, 5.41) is 2.49. The third-order valence-electron chi connectivity index (χ3n) is 3.49. The molecule has 3 rings (SSSR count). The Morgan fingerprint density at radius 2 is 2.00 bits per heavy atom. The van der Waals surface area contributed by atoms with Gasteiger partial charge in [0, 0.05) is 13.0 Å². The molecule has 7 heteroatoms. The van der Waals surface area contributed by atoms with Gasteiger partial charge < -0.3 is 9.88 Å². The molecule has 4 nitrogen and oxygen atoms in total. The van der Waals surface area contributed by atoms with E-state index in [0.29, 0.717) is 12.4 Å².